The van der Waals surface area contributed by atoms with Crippen molar-refractivity contribution in [3.63, 3.8) is 0 Å². The van der Waals surface area contributed by atoms with Gasteiger partial charge in [-0.15, -0.1) is 11.3 Å². The summed E-state index contributed by atoms with van der Waals surface area (Å²) in [6.45, 7) is 2.63. The molecule has 0 radical (unpaired) electrons. The molecule has 22 heavy (non-hydrogen) atoms. The summed E-state index contributed by atoms with van der Waals surface area (Å²) in [4.78, 5) is 23.1. The molecule has 1 aliphatic heterocycles. The number of hydrogen-bond acceptors (Lipinski definition) is 6. The van der Waals surface area contributed by atoms with Gasteiger partial charge in [0.2, 0.25) is 11.8 Å². The van der Waals surface area contributed by atoms with Gasteiger partial charge in [-0.1, -0.05) is 5.16 Å². The molecule has 0 unspecified atom stereocenters. The van der Waals surface area contributed by atoms with Crippen molar-refractivity contribution in [3.05, 3.63) is 28.3 Å². The fourth-order valence-corrected chi connectivity index (χ4v) is 3.65. The van der Waals surface area contributed by atoms with Crippen LogP contribution in [0.5, 0.6) is 0 Å². The van der Waals surface area contributed by atoms with Gasteiger partial charge in [0.05, 0.1) is 6.04 Å². The van der Waals surface area contributed by atoms with Crippen LogP contribution in [0.25, 0.3) is 0 Å². The topological polar surface area (TPSA) is 72.1 Å². The van der Waals surface area contributed by atoms with Crippen LogP contribution in [0.15, 0.2) is 16.1 Å². The van der Waals surface area contributed by atoms with Crippen molar-refractivity contribution in [1.82, 2.24) is 20.0 Å². The number of rotatable bonds is 5. The van der Waals surface area contributed by atoms with E-state index in [2.05, 4.69) is 15.1 Å². The second-order valence-corrected chi connectivity index (χ2v) is 6.48. The maximum atomic E-state index is 12.5. The number of nitrogens with zero attached hydrogens (tertiary/aromatic N) is 4. The predicted octanol–water partition coefficient (Wildman–Crippen LogP) is 2.91. The first-order chi connectivity index (χ1) is 10.7. The standard InChI is InChI=1S/C15H20N4O2S/c1-11-17-13(21-18-11)6-4-7-14(20)19-9-3-2-5-12(19)15-16-8-10-22-15/h8,10,12H,2-7,9H2,1H3/t12-/m0/s1. The zero-order valence-corrected chi connectivity index (χ0v) is 13.5. The van der Waals surface area contributed by atoms with E-state index in [1.165, 1.54) is 0 Å². The van der Waals surface area contributed by atoms with Crippen molar-refractivity contribution >= 4 is 17.2 Å². The summed E-state index contributed by atoms with van der Waals surface area (Å²) >= 11 is 1.64. The second-order valence-electron chi connectivity index (χ2n) is 5.56. The van der Waals surface area contributed by atoms with Crippen molar-refractivity contribution in [2.45, 2.75) is 51.5 Å². The molecule has 2 aromatic heterocycles. The van der Waals surface area contributed by atoms with Gasteiger partial charge in [-0.3, -0.25) is 4.79 Å². The molecule has 0 spiro atoms. The van der Waals surface area contributed by atoms with Gasteiger partial charge in [0.1, 0.15) is 5.01 Å². The highest BCUT2D eigenvalue weighted by Crippen LogP contribution is 2.32. The van der Waals surface area contributed by atoms with Crippen molar-refractivity contribution in [1.29, 1.82) is 0 Å². The average Bonchev–Trinajstić information content (AvgIpc) is 3.19. The van der Waals surface area contributed by atoms with Gasteiger partial charge >= 0.3 is 0 Å². The molecule has 0 bridgehead atoms. The molecule has 7 heteroatoms. The van der Waals surface area contributed by atoms with Crippen molar-refractivity contribution in [2.75, 3.05) is 6.54 Å². The molecule has 0 aromatic carbocycles. The molecule has 0 saturated carbocycles. The Hall–Kier alpha value is -1.76. The van der Waals surface area contributed by atoms with Gasteiger partial charge in [0.15, 0.2) is 5.82 Å². The lowest BCUT2D eigenvalue weighted by molar-refractivity contribution is -0.135. The predicted molar refractivity (Wildman–Crippen MR) is 82.4 cm³/mol. The maximum Gasteiger partial charge on any atom is 0.226 e. The molecule has 1 atom stereocenters. The van der Waals surface area contributed by atoms with Crippen molar-refractivity contribution in [2.24, 2.45) is 0 Å². The van der Waals surface area contributed by atoms with Crippen LogP contribution in [0.3, 0.4) is 0 Å². The van der Waals surface area contributed by atoms with E-state index in [9.17, 15) is 4.79 Å². The SMILES string of the molecule is Cc1noc(CCCC(=O)N2CCCC[C@H]2c2nccs2)n1. The number of piperidine rings is 1. The molecule has 1 amide bonds. The summed E-state index contributed by atoms with van der Waals surface area (Å²) in [6.07, 6.45) is 6.98. The Morgan fingerprint density at radius 2 is 2.41 bits per heavy atom. The maximum absolute atomic E-state index is 12.5. The Morgan fingerprint density at radius 3 is 3.14 bits per heavy atom. The number of hydrogen-bond donors (Lipinski definition) is 0. The van der Waals surface area contributed by atoms with Gasteiger partial charge in [0, 0.05) is 31.0 Å². The molecule has 6 nitrogen and oxygen atoms in total. The van der Waals surface area contributed by atoms with Crippen LogP contribution in [0.2, 0.25) is 0 Å². The van der Waals surface area contributed by atoms with E-state index >= 15 is 0 Å². The van der Waals surface area contributed by atoms with Crippen LogP contribution < -0.4 is 0 Å². The Bertz CT molecular complexity index is 611. The molecule has 1 aliphatic rings. The minimum Gasteiger partial charge on any atom is -0.339 e. The summed E-state index contributed by atoms with van der Waals surface area (Å²) in [6, 6.07) is 0.159. The van der Waals surface area contributed by atoms with Gasteiger partial charge in [-0.25, -0.2) is 4.98 Å². The number of aryl methyl sites for hydroxylation is 2. The van der Waals surface area contributed by atoms with Crippen LogP contribution in [-0.4, -0.2) is 32.5 Å². The molecule has 1 fully saturated rings. The van der Waals surface area contributed by atoms with E-state index in [1.807, 2.05) is 16.5 Å². The molecular weight excluding hydrogens is 300 g/mol. The minimum absolute atomic E-state index is 0.159. The summed E-state index contributed by atoms with van der Waals surface area (Å²) in [5, 5.41) is 6.79. The van der Waals surface area contributed by atoms with Gasteiger partial charge in [-0.05, 0) is 32.6 Å². The molecule has 3 rings (SSSR count). The molecule has 3 heterocycles. The zero-order chi connectivity index (χ0) is 15.4. The monoisotopic (exact) mass is 320 g/mol. The normalized spacial score (nSPS) is 18.6. The van der Waals surface area contributed by atoms with Gasteiger partial charge < -0.3 is 9.42 Å². The van der Waals surface area contributed by atoms with Crippen molar-refractivity contribution in [3.8, 4) is 0 Å². The van der Waals surface area contributed by atoms with Crippen LogP contribution in [0.1, 0.15) is 54.9 Å². The first-order valence-corrected chi connectivity index (χ1v) is 8.60. The summed E-state index contributed by atoms with van der Waals surface area (Å²) in [5.74, 6) is 1.46. The molecular formula is C15H20N4O2S. The highest BCUT2D eigenvalue weighted by Gasteiger charge is 2.29. The third-order valence-corrected chi connectivity index (χ3v) is 4.79. The highest BCUT2D eigenvalue weighted by atomic mass is 32.1. The Labute approximate surface area is 133 Å². The number of carbonyl (C=O) groups is 1. The smallest absolute Gasteiger partial charge is 0.226 e. The van der Waals surface area contributed by atoms with E-state index < -0.39 is 0 Å². The van der Waals surface area contributed by atoms with Gasteiger partial charge in [-0.2, -0.15) is 4.98 Å². The number of carbonyl (C=O) groups excluding carboxylic acids is 1. The van der Waals surface area contributed by atoms with E-state index in [-0.39, 0.29) is 11.9 Å². The van der Waals surface area contributed by atoms with Crippen LogP contribution in [0.4, 0.5) is 0 Å². The Morgan fingerprint density at radius 1 is 1.50 bits per heavy atom. The Balaban J connectivity index is 1.55. The lowest BCUT2D eigenvalue weighted by Crippen LogP contribution is -2.38. The average molecular weight is 320 g/mol. The molecule has 2 aromatic rings. The first kappa shape index (κ1) is 15.1. The lowest BCUT2D eigenvalue weighted by Gasteiger charge is -2.34. The van der Waals surface area contributed by atoms with Crippen LogP contribution in [-0.2, 0) is 11.2 Å². The lowest BCUT2D eigenvalue weighted by atomic mass is 10.0. The van der Waals surface area contributed by atoms with Crippen LogP contribution in [0, 0.1) is 6.92 Å². The number of thiazole rings is 1. The second kappa shape index (κ2) is 7.00. The highest BCUT2D eigenvalue weighted by molar-refractivity contribution is 7.09. The zero-order valence-electron chi connectivity index (χ0n) is 12.7. The number of amides is 1. The van der Waals surface area contributed by atoms with Crippen LogP contribution >= 0.6 is 11.3 Å². The minimum atomic E-state index is 0.159. The largest absolute Gasteiger partial charge is 0.339 e. The summed E-state index contributed by atoms with van der Waals surface area (Å²) in [7, 11) is 0. The quantitative estimate of drug-likeness (QED) is 0.847. The fourth-order valence-electron chi connectivity index (χ4n) is 2.86. The first-order valence-electron chi connectivity index (χ1n) is 7.72. The third-order valence-electron chi connectivity index (χ3n) is 3.91. The Kier molecular flexibility index (Phi) is 4.82. The van der Waals surface area contributed by atoms with E-state index in [1.54, 1.807) is 18.3 Å². The number of aromatic nitrogens is 3. The summed E-state index contributed by atoms with van der Waals surface area (Å²) < 4.78 is 5.08. The third kappa shape index (κ3) is 3.52. The molecule has 1 saturated heterocycles. The fraction of sp³-hybridized carbons (Fsp3) is 0.600. The van der Waals surface area contributed by atoms with E-state index in [4.69, 9.17) is 4.52 Å². The summed E-state index contributed by atoms with van der Waals surface area (Å²) in [5.41, 5.74) is 0. The molecule has 0 N–H and O–H groups in total. The van der Waals surface area contributed by atoms with E-state index in [0.29, 0.717) is 24.6 Å². The molecule has 0 aliphatic carbocycles. The number of likely N-dealkylation sites (tertiary alicyclic amines) is 1. The van der Waals surface area contributed by atoms with E-state index in [0.717, 1.165) is 37.2 Å². The van der Waals surface area contributed by atoms with Gasteiger partial charge in [0.25, 0.3) is 0 Å². The van der Waals surface area contributed by atoms with Crippen molar-refractivity contribution < 1.29 is 9.32 Å². The molecule has 118 valence electrons.